The average molecular weight is 284 g/mol. The molecule has 0 N–H and O–H groups in total. The van der Waals surface area contributed by atoms with Crippen LogP contribution >= 0.6 is 0 Å². The van der Waals surface area contributed by atoms with E-state index in [0.29, 0.717) is 5.69 Å². The molecule has 1 aliphatic heterocycles. The van der Waals surface area contributed by atoms with Crippen LogP contribution in [0.2, 0.25) is 0 Å². The number of benzene rings is 1. The molecule has 0 saturated carbocycles. The molecular weight excluding hydrogens is 264 g/mol. The normalized spacial score (nSPS) is 18.4. The number of aromatic nitrogens is 1. The van der Waals surface area contributed by atoms with E-state index in [-0.39, 0.29) is 17.9 Å². The lowest BCUT2D eigenvalue weighted by atomic mass is 10.0. The van der Waals surface area contributed by atoms with Gasteiger partial charge in [0.1, 0.15) is 5.76 Å². The summed E-state index contributed by atoms with van der Waals surface area (Å²) in [6, 6.07) is 12.1. The lowest BCUT2D eigenvalue weighted by molar-refractivity contribution is 0.0725. The molecule has 0 aliphatic carbocycles. The summed E-state index contributed by atoms with van der Waals surface area (Å²) < 4.78 is 5.25. The van der Waals surface area contributed by atoms with Crippen molar-refractivity contribution in [2.45, 2.75) is 38.6 Å². The number of hydrogen-bond acceptors (Lipinski definition) is 3. The Hall–Kier alpha value is -2.10. The predicted molar refractivity (Wildman–Crippen MR) is 80.0 cm³/mol. The van der Waals surface area contributed by atoms with Crippen LogP contribution in [0.4, 0.5) is 0 Å². The van der Waals surface area contributed by atoms with Crippen molar-refractivity contribution in [3.8, 4) is 0 Å². The van der Waals surface area contributed by atoms with E-state index in [2.05, 4.69) is 17.3 Å². The quantitative estimate of drug-likeness (QED) is 0.861. The highest BCUT2D eigenvalue weighted by atomic mass is 16.5. The van der Waals surface area contributed by atoms with Crippen LogP contribution in [0.25, 0.3) is 0 Å². The first-order valence-electron chi connectivity index (χ1n) is 7.49. The Morgan fingerprint density at radius 1 is 1.33 bits per heavy atom. The van der Waals surface area contributed by atoms with Crippen LogP contribution in [0.3, 0.4) is 0 Å². The van der Waals surface area contributed by atoms with Crippen molar-refractivity contribution in [3.05, 3.63) is 53.4 Å². The fourth-order valence-electron chi connectivity index (χ4n) is 2.84. The Morgan fingerprint density at radius 3 is 2.76 bits per heavy atom. The molecule has 110 valence electrons. The van der Waals surface area contributed by atoms with E-state index in [1.54, 1.807) is 6.07 Å². The highest BCUT2D eigenvalue weighted by molar-refractivity contribution is 5.92. The van der Waals surface area contributed by atoms with E-state index in [0.717, 1.165) is 25.1 Å². The second-order valence-corrected chi connectivity index (χ2v) is 5.84. The maximum absolute atomic E-state index is 12.7. The SMILES string of the molecule is CC(C)c1cc(C(=O)N2CCC[C@H]2c2ccccc2)no1. The summed E-state index contributed by atoms with van der Waals surface area (Å²) in [5.41, 5.74) is 1.61. The van der Waals surface area contributed by atoms with Crippen molar-refractivity contribution in [1.82, 2.24) is 10.1 Å². The van der Waals surface area contributed by atoms with Gasteiger partial charge < -0.3 is 9.42 Å². The smallest absolute Gasteiger partial charge is 0.276 e. The largest absolute Gasteiger partial charge is 0.360 e. The third kappa shape index (κ3) is 2.71. The van der Waals surface area contributed by atoms with Gasteiger partial charge in [-0.05, 0) is 18.4 Å². The minimum atomic E-state index is -0.0306. The second kappa shape index (κ2) is 5.72. The number of nitrogens with zero attached hydrogens (tertiary/aromatic N) is 2. The Balaban J connectivity index is 1.83. The van der Waals surface area contributed by atoms with E-state index in [4.69, 9.17) is 4.52 Å². The molecule has 1 saturated heterocycles. The fourth-order valence-corrected chi connectivity index (χ4v) is 2.84. The Bertz CT molecular complexity index is 619. The molecule has 4 heteroatoms. The summed E-state index contributed by atoms with van der Waals surface area (Å²) >= 11 is 0. The molecular formula is C17H20N2O2. The summed E-state index contributed by atoms with van der Waals surface area (Å²) in [4.78, 5) is 14.6. The number of carbonyl (C=O) groups is 1. The third-order valence-corrected chi connectivity index (χ3v) is 4.01. The van der Waals surface area contributed by atoms with Crippen molar-refractivity contribution >= 4 is 5.91 Å². The molecule has 3 rings (SSSR count). The van der Waals surface area contributed by atoms with Gasteiger partial charge in [-0.3, -0.25) is 4.79 Å². The van der Waals surface area contributed by atoms with Gasteiger partial charge in [0.15, 0.2) is 5.69 Å². The average Bonchev–Trinajstić information content (AvgIpc) is 3.17. The molecule has 0 bridgehead atoms. The first-order chi connectivity index (χ1) is 10.2. The Kier molecular flexibility index (Phi) is 3.78. The number of hydrogen-bond donors (Lipinski definition) is 0. The minimum Gasteiger partial charge on any atom is -0.360 e. The van der Waals surface area contributed by atoms with Crippen LogP contribution in [-0.2, 0) is 0 Å². The van der Waals surface area contributed by atoms with Crippen LogP contribution in [0.5, 0.6) is 0 Å². The maximum atomic E-state index is 12.7. The van der Waals surface area contributed by atoms with Gasteiger partial charge in [-0.25, -0.2) is 0 Å². The van der Waals surface area contributed by atoms with Gasteiger partial charge in [0.05, 0.1) is 6.04 Å². The molecule has 4 nitrogen and oxygen atoms in total. The zero-order valence-corrected chi connectivity index (χ0v) is 12.5. The minimum absolute atomic E-state index is 0.0306. The van der Waals surface area contributed by atoms with Crippen molar-refractivity contribution < 1.29 is 9.32 Å². The number of rotatable bonds is 3. The van der Waals surface area contributed by atoms with Crippen molar-refractivity contribution in [2.24, 2.45) is 0 Å². The number of likely N-dealkylation sites (tertiary alicyclic amines) is 1. The number of amides is 1. The third-order valence-electron chi connectivity index (χ3n) is 4.01. The van der Waals surface area contributed by atoms with E-state index in [1.807, 2.05) is 36.9 Å². The molecule has 2 aromatic rings. The van der Waals surface area contributed by atoms with E-state index in [1.165, 1.54) is 5.56 Å². The van der Waals surface area contributed by atoms with Crippen molar-refractivity contribution in [2.75, 3.05) is 6.54 Å². The second-order valence-electron chi connectivity index (χ2n) is 5.84. The Labute approximate surface area is 124 Å². The molecule has 1 aliphatic rings. The molecule has 0 unspecified atom stereocenters. The van der Waals surface area contributed by atoms with Gasteiger partial charge in [0.2, 0.25) is 0 Å². The number of carbonyl (C=O) groups excluding carboxylic acids is 1. The van der Waals surface area contributed by atoms with Gasteiger partial charge in [-0.2, -0.15) is 0 Å². The van der Waals surface area contributed by atoms with Gasteiger partial charge in [-0.1, -0.05) is 49.3 Å². The molecule has 0 spiro atoms. The fraction of sp³-hybridized carbons (Fsp3) is 0.412. The van der Waals surface area contributed by atoms with E-state index >= 15 is 0 Å². The van der Waals surface area contributed by atoms with Crippen LogP contribution in [0.15, 0.2) is 40.9 Å². The summed E-state index contributed by atoms with van der Waals surface area (Å²) in [5, 5.41) is 3.94. The Morgan fingerprint density at radius 2 is 2.10 bits per heavy atom. The molecule has 1 aromatic heterocycles. The topological polar surface area (TPSA) is 46.3 Å². The molecule has 1 fully saturated rings. The van der Waals surface area contributed by atoms with E-state index < -0.39 is 0 Å². The predicted octanol–water partition coefficient (Wildman–Crippen LogP) is 3.78. The van der Waals surface area contributed by atoms with Crippen LogP contribution < -0.4 is 0 Å². The van der Waals surface area contributed by atoms with E-state index in [9.17, 15) is 4.79 Å². The zero-order valence-electron chi connectivity index (χ0n) is 12.5. The summed E-state index contributed by atoms with van der Waals surface area (Å²) in [5.74, 6) is 0.966. The summed E-state index contributed by atoms with van der Waals surface area (Å²) in [6.45, 7) is 4.83. The molecule has 1 aromatic carbocycles. The summed E-state index contributed by atoms with van der Waals surface area (Å²) in [6.07, 6.45) is 2.03. The van der Waals surface area contributed by atoms with Gasteiger partial charge in [0, 0.05) is 18.5 Å². The van der Waals surface area contributed by atoms with Crippen LogP contribution in [0, 0.1) is 0 Å². The van der Waals surface area contributed by atoms with Crippen LogP contribution in [-0.4, -0.2) is 22.5 Å². The highest BCUT2D eigenvalue weighted by Gasteiger charge is 2.32. The van der Waals surface area contributed by atoms with Crippen LogP contribution in [0.1, 0.15) is 60.5 Å². The molecule has 0 radical (unpaired) electrons. The zero-order chi connectivity index (χ0) is 14.8. The molecule has 1 atom stereocenters. The lowest BCUT2D eigenvalue weighted by Gasteiger charge is -2.24. The van der Waals surface area contributed by atoms with Gasteiger partial charge >= 0.3 is 0 Å². The van der Waals surface area contributed by atoms with Gasteiger partial charge in [-0.15, -0.1) is 0 Å². The molecule has 21 heavy (non-hydrogen) atoms. The van der Waals surface area contributed by atoms with Crippen molar-refractivity contribution in [3.63, 3.8) is 0 Å². The molecule has 1 amide bonds. The molecule has 2 heterocycles. The standard InChI is InChI=1S/C17H20N2O2/c1-12(2)16-11-14(18-21-16)17(20)19-10-6-9-15(19)13-7-4-3-5-8-13/h3-5,7-8,11-12,15H,6,9-10H2,1-2H3/t15-/m0/s1. The highest BCUT2D eigenvalue weighted by Crippen LogP contribution is 2.33. The maximum Gasteiger partial charge on any atom is 0.276 e. The monoisotopic (exact) mass is 284 g/mol. The first-order valence-corrected chi connectivity index (χ1v) is 7.49. The lowest BCUT2D eigenvalue weighted by Crippen LogP contribution is -2.30. The van der Waals surface area contributed by atoms with Gasteiger partial charge in [0.25, 0.3) is 5.91 Å². The van der Waals surface area contributed by atoms with Crippen molar-refractivity contribution in [1.29, 1.82) is 0 Å². The summed E-state index contributed by atoms with van der Waals surface area (Å²) in [7, 11) is 0. The first kappa shape index (κ1) is 13.9.